The van der Waals surface area contributed by atoms with E-state index in [0.717, 1.165) is 46.5 Å². The highest BCUT2D eigenvalue weighted by Crippen LogP contribution is 2.36. The molecule has 210 valence electrons. The summed E-state index contributed by atoms with van der Waals surface area (Å²) in [6, 6.07) is 16.6. The maximum absolute atomic E-state index is 13.7. The van der Waals surface area contributed by atoms with Crippen LogP contribution in [0, 0.1) is 13.8 Å². The van der Waals surface area contributed by atoms with Crippen molar-refractivity contribution in [3.05, 3.63) is 105 Å². The van der Waals surface area contributed by atoms with Crippen molar-refractivity contribution in [3.63, 3.8) is 0 Å². The third kappa shape index (κ3) is 6.54. The Morgan fingerprint density at radius 2 is 1.75 bits per heavy atom. The molecule has 0 unspecified atom stereocenters. The predicted octanol–water partition coefficient (Wildman–Crippen LogP) is 6.44. The molecule has 0 aliphatic carbocycles. The molecule has 0 saturated carbocycles. The highest BCUT2D eigenvalue weighted by atomic mass is 35.5. The third-order valence-electron chi connectivity index (χ3n) is 6.91. The van der Waals surface area contributed by atoms with Crippen LogP contribution in [0.1, 0.15) is 50.6 Å². The van der Waals surface area contributed by atoms with E-state index in [0.29, 0.717) is 17.2 Å². The van der Waals surface area contributed by atoms with Crippen molar-refractivity contribution in [1.29, 1.82) is 0 Å². The van der Waals surface area contributed by atoms with Gasteiger partial charge in [0.2, 0.25) is 0 Å². The summed E-state index contributed by atoms with van der Waals surface area (Å²) in [6.45, 7) is 3.85. The Kier molecular flexibility index (Phi) is 8.95. The lowest BCUT2D eigenvalue weighted by Gasteiger charge is -2.27. The Morgan fingerprint density at radius 3 is 2.38 bits per heavy atom. The molecule has 0 N–H and O–H groups in total. The zero-order chi connectivity index (χ0) is 29.0. The molecular formula is C30H29ClF3N3O3. The minimum atomic E-state index is -4.53. The third-order valence-corrected chi connectivity index (χ3v) is 7.25. The van der Waals surface area contributed by atoms with E-state index in [2.05, 4.69) is 5.10 Å². The molecule has 1 atom stereocenters. The highest BCUT2D eigenvalue weighted by Gasteiger charge is 2.36. The van der Waals surface area contributed by atoms with Gasteiger partial charge < -0.3 is 9.64 Å². The minimum Gasteiger partial charge on any atom is -0.383 e. The Bertz CT molecular complexity index is 1420. The molecule has 0 fully saturated rings. The van der Waals surface area contributed by atoms with Gasteiger partial charge in [-0.05, 0) is 72.5 Å². The van der Waals surface area contributed by atoms with Crippen molar-refractivity contribution in [3.8, 4) is 0 Å². The second kappa shape index (κ2) is 12.2. The lowest BCUT2D eigenvalue weighted by Crippen LogP contribution is -2.42. The van der Waals surface area contributed by atoms with E-state index in [-0.39, 0.29) is 25.3 Å². The van der Waals surface area contributed by atoms with Gasteiger partial charge in [0.05, 0.1) is 23.9 Å². The summed E-state index contributed by atoms with van der Waals surface area (Å²) >= 11 is 6.51. The summed E-state index contributed by atoms with van der Waals surface area (Å²) in [7, 11) is 1.45. The van der Waals surface area contributed by atoms with Crippen LogP contribution in [-0.2, 0) is 15.7 Å². The quantitative estimate of drug-likeness (QED) is 0.312. The largest absolute Gasteiger partial charge is 0.416 e. The van der Waals surface area contributed by atoms with Crippen molar-refractivity contribution in [2.75, 3.05) is 26.8 Å². The highest BCUT2D eigenvalue weighted by molar-refractivity contribution is 6.31. The van der Waals surface area contributed by atoms with E-state index >= 15 is 0 Å². The van der Waals surface area contributed by atoms with Gasteiger partial charge in [0.25, 0.3) is 11.8 Å². The van der Waals surface area contributed by atoms with Crippen molar-refractivity contribution in [2.45, 2.75) is 32.5 Å². The Balaban J connectivity index is 1.64. The van der Waals surface area contributed by atoms with Crippen molar-refractivity contribution in [1.82, 2.24) is 9.91 Å². The monoisotopic (exact) mass is 571 g/mol. The smallest absolute Gasteiger partial charge is 0.383 e. The van der Waals surface area contributed by atoms with Gasteiger partial charge in [0.1, 0.15) is 6.54 Å². The van der Waals surface area contributed by atoms with Crippen LogP contribution in [0.15, 0.2) is 71.8 Å². The molecule has 0 bridgehead atoms. The number of hydrogen-bond acceptors (Lipinski definition) is 4. The number of alkyl halides is 3. The van der Waals surface area contributed by atoms with Crippen LogP contribution in [-0.4, -0.2) is 54.2 Å². The van der Waals surface area contributed by atoms with E-state index in [9.17, 15) is 22.8 Å². The van der Waals surface area contributed by atoms with Crippen molar-refractivity contribution < 1.29 is 27.5 Å². The van der Waals surface area contributed by atoms with Crippen LogP contribution in [0.2, 0.25) is 5.02 Å². The van der Waals surface area contributed by atoms with Gasteiger partial charge >= 0.3 is 6.18 Å². The zero-order valence-corrected chi connectivity index (χ0v) is 23.1. The molecule has 6 nitrogen and oxygen atoms in total. The molecule has 40 heavy (non-hydrogen) atoms. The number of aryl methyl sites for hydroxylation is 2. The summed E-state index contributed by atoms with van der Waals surface area (Å²) in [5.74, 6) is -1.05. The summed E-state index contributed by atoms with van der Waals surface area (Å²) in [5.41, 5.74) is 3.70. The van der Waals surface area contributed by atoms with Crippen molar-refractivity contribution in [2.24, 2.45) is 5.10 Å². The summed E-state index contributed by atoms with van der Waals surface area (Å²) in [6.07, 6.45) is -4.11. The molecule has 0 spiro atoms. The maximum atomic E-state index is 13.7. The first-order chi connectivity index (χ1) is 19.0. The first kappa shape index (κ1) is 29.3. The number of hydrogen-bond donors (Lipinski definition) is 0. The van der Waals surface area contributed by atoms with E-state index in [1.165, 1.54) is 17.0 Å². The van der Waals surface area contributed by atoms with E-state index in [1.807, 2.05) is 44.2 Å². The Morgan fingerprint density at radius 1 is 1.05 bits per heavy atom. The SMILES string of the molecule is COCCN(CC(=O)N1N=C(c2ccc(C)c(C)c2)C[C@@H]1c1ccccc1Cl)C(=O)c1ccc(C(F)(F)F)cc1. The Hall–Kier alpha value is -3.69. The molecule has 1 heterocycles. The van der Waals surface area contributed by atoms with Crippen LogP contribution in [0.25, 0.3) is 0 Å². The van der Waals surface area contributed by atoms with Gasteiger partial charge in [-0.25, -0.2) is 5.01 Å². The average Bonchev–Trinajstić information content (AvgIpc) is 3.37. The molecule has 1 aliphatic rings. The van der Waals surface area contributed by atoms with Crippen molar-refractivity contribution >= 4 is 29.1 Å². The number of methoxy groups -OCH3 is 1. The fourth-order valence-electron chi connectivity index (χ4n) is 4.50. The molecule has 0 aromatic heterocycles. The zero-order valence-electron chi connectivity index (χ0n) is 22.3. The summed E-state index contributed by atoms with van der Waals surface area (Å²) in [4.78, 5) is 28.3. The number of carbonyl (C=O) groups is 2. The minimum absolute atomic E-state index is 0.0281. The topological polar surface area (TPSA) is 62.2 Å². The molecule has 1 aliphatic heterocycles. The average molecular weight is 572 g/mol. The lowest BCUT2D eigenvalue weighted by molar-refractivity contribution is -0.137. The number of nitrogens with zero attached hydrogens (tertiary/aromatic N) is 3. The van der Waals surface area contributed by atoms with E-state index in [1.54, 1.807) is 12.1 Å². The summed E-state index contributed by atoms with van der Waals surface area (Å²) < 4.78 is 44.1. The second-order valence-electron chi connectivity index (χ2n) is 9.62. The number of ether oxygens (including phenoxy) is 1. The first-order valence-electron chi connectivity index (χ1n) is 12.7. The standard InChI is InChI=1S/C30H29ClF3N3O3/c1-19-8-9-22(16-20(19)2)26-17-27(24-6-4-5-7-25(24)31)37(35-26)28(38)18-36(14-15-40-3)29(39)21-10-12-23(13-11-21)30(32,33)34/h4-13,16,27H,14-15,17-18H2,1-3H3/t27-/m1/s1. The number of rotatable bonds is 8. The lowest BCUT2D eigenvalue weighted by atomic mass is 9.96. The van der Waals surface area contributed by atoms with Crippen LogP contribution < -0.4 is 0 Å². The molecule has 3 aromatic carbocycles. The summed E-state index contributed by atoms with van der Waals surface area (Å²) in [5, 5.41) is 6.52. The molecule has 10 heteroatoms. The predicted molar refractivity (Wildman–Crippen MR) is 147 cm³/mol. The van der Waals surface area contributed by atoms with E-state index in [4.69, 9.17) is 16.3 Å². The number of carbonyl (C=O) groups excluding carboxylic acids is 2. The first-order valence-corrected chi connectivity index (χ1v) is 13.0. The normalized spacial score (nSPS) is 15.2. The van der Waals surface area contributed by atoms with Gasteiger partial charge in [-0.3, -0.25) is 9.59 Å². The number of halogens is 4. The van der Waals surface area contributed by atoms with E-state index < -0.39 is 29.6 Å². The van der Waals surface area contributed by atoms with Crippen LogP contribution in [0.5, 0.6) is 0 Å². The molecular weight excluding hydrogens is 543 g/mol. The molecule has 4 rings (SSSR count). The number of amides is 2. The number of hydrazone groups is 1. The maximum Gasteiger partial charge on any atom is 0.416 e. The van der Waals surface area contributed by atoms with Gasteiger partial charge in [-0.1, -0.05) is 41.9 Å². The van der Waals surface area contributed by atoms with Gasteiger partial charge in [-0.2, -0.15) is 18.3 Å². The van der Waals surface area contributed by atoms with Gasteiger partial charge in [0, 0.05) is 30.7 Å². The molecule has 0 radical (unpaired) electrons. The molecule has 3 aromatic rings. The van der Waals surface area contributed by atoms with Crippen LogP contribution >= 0.6 is 11.6 Å². The van der Waals surface area contributed by atoms with Crippen LogP contribution in [0.4, 0.5) is 13.2 Å². The molecule has 2 amide bonds. The fourth-order valence-corrected chi connectivity index (χ4v) is 4.76. The fraction of sp³-hybridized carbons (Fsp3) is 0.300. The number of benzene rings is 3. The Labute approximate surface area is 236 Å². The second-order valence-corrected chi connectivity index (χ2v) is 10.0. The van der Waals surface area contributed by atoms with Gasteiger partial charge in [-0.15, -0.1) is 0 Å². The van der Waals surface area contributed by atoms with Gasteiger partial charge in [0.15, 0.2) is 0 Å². The molecule has 0 saturated heterocycles. The van der Waals surface area contributed by atoms with Crippen LogP contribution in [0.3, 0.4) is 0 Å².